The van der Waals surface area contributed by atoms with Gasteiger partial charge in [-0.1, -0.05) is 0 Å². The van der Waals surface area contributed by atoms with Gasteiger partial charge in [-0.15, -0.1) is 0 Å². The van der Waals surface area contributed by atoms with E-state index in [1.165, 1.54) is 18.2 Å². The zero-order valence-electron chi connectivity index (χ0n) is 11.5. The molecule has 5 heteroatoms. The Morgan fingerprint density at radius 3 is 2.76 bits per heavy atom. The molecular weight excluding hydrogens is 269 g/mol. The highest BCUT2D eigenvalue weighted by Gasteiger charge is 2.30. The predicted molar refractivity (Wildman–Crippen MR) is 78.1 cm³/mol. The highest BCUT2D eigenvalue weighted by Crippen LogP contribution is 2.33. The van der Waals surface area contributed by atoms with Crippen LogP contribution in [0.5, 0.6) is 0 Å². The van der Waals surface area contributed by atoms with Gasteiger partial charge in [0.25, 0.3) is 5.91 Å². The van der Waals surface area contributed by atoms with E-state index in [0.717, 1.165) is 18.4 Å². The number of aromatic nitrogens is 1. The lowest BCUT2D eigenvalue weighted by Crippen LogP contribution is -2.30. The third-order valence-corrected chi connectivity index (χ3v) is 3.77. The normalized spacial score (nSPS) is 18.0. The van der Waals surface area contributed by atoms with Crippen molar-refractivity contribution in [2.45, 2.75) is 18.9 Å². The van der Waals surface area contributed by atoms with Crippen LogP contribution in [-0.4, -0.2) is 22.3 Å². The van der Waals surface area contributed by atoms with Crippen LogP contribution < -0.4 is 5.73 Å². The first-order chi connectivity index (χ1) is 10.1. The van der Waals surface area contributed by atoms with Crippen LogP contribution in [0.1, 0.15) is 34.8 Å². The zero-order chi connectivity index (χ0) is 14.8. The molecule has 1 aromatic carbocycles. The number of rotatable bonds is 2. The van der Waals surface area contributed by atoms with E-state index in [4.69, 9.17) is 5.73 Å². The smallest absolute Gasteiger partial charge is 0.254 e. The molecule has 2 aromatic rings. The summed E-state index contributed by atoms with van der Waals surface area (Å²) in [7, 11) is 0. The summed E-state index contributed by atoms with van der Waals surface area (Å²) in [6, 6.07) is 7.81. The van der Waals surface area contributed by atoms with Gasteiger partial charge in [-0.05, 0) is 48.7 Å². The second kappa shape index (κ2) is 5.52. The van der Waals surface area contributed by atoms with Crippen molar-refractivity contribution in [3.8, 4) is 0 Å². The molecule has 1 aromatic heterocycles. The summed E-state index contributed by atoms with van der Waals surface area (Å²) >= 11 is 0. The molecule has 21 heavy (non-hydrogen) atoms. The first-order valence-electron chi connectivity index (χ1n) is 6.92. The van der Waals surface area contributed by atoms with E-state index < -0.39 is 5.82 Å². The van der Waals surface area contributed by atoms with Crippen molar-refractivity contribution in [1.82, 2.24) is 9.88 Å². The molecule has 1 amide bonds. The molecule has 1 aliphatic rings. The lowest BCUT2D eigenvalue weighted by Gasteiger charge is -2.25. The number of nitrogen functional groups attached to an aromatic ring is 1. The second-order valence-corrected chi connectivity index (χ2v) is 5.21. The summed E-state index contributed by atoms with van der Waals surface area (Å²) in [5.74, 6) is -0.668. The van der Waals surface area contributed by atoms with Crippen molar-refractivity contribution in [2.75, 3.05) is 12.3 Å². The minimum absolute atomic E-state index is 0.0185. The third-order valence-electron chi connectivity index (χ3n) is 3.77. The van der Waals surface area contributed by atoms with Gasteiger partial charge in [0.05, 0.1) is 6.04 Å². The van der Waals surface area contributed by atoms with Gasteiger partial charge in [-0.2, -0.15) is 0 Å². The molecule has 4 nitrogen and oxygen atoms in total. The van der Waals surface area contributed by atoms with Gasteiger partial charge in [0.1, 0.15) is 5.82 Å². The molecule has 0 spiro atoms. The van der Waals surface area contributed by atoms with Crippen LogP contribution in [0.25, 0.3) is 0 Å². The molecule has 0 radical (unpaired) electrons. The zero-order valence-corrected chi connectivity index (χ0v) is 11.5. The van der Waals surface area contributed by atoms with Crippen LogP contribution in [0.4, 0.5) is 10.1 Å². The summed E-state index contributed by atoms with van der Waals surface area (Å²) in [5.41, 5.74) is 7.24. The Kier molecular flexibility index (Phi) is 3.56. The van der Waals surface area contributed by atoms with Gasteiger partial charge in [-0.25, -0.2) is 4.39 Å². The first-order valence-corrected chi connectivity index (χ1v) is 6.92. The number of hydrogen-bond donors (Lipinski definition) is 1. The third kappa shape index (κ3) is 2.72. The number of amides is 1. The number of benzene rings is 1. The molecule has 3 rings (SSSR count). The SMILES string of the molecule is Nc1cc(F)cc(C(=O)N2CCCC2c2ccncc2)c1. The second-order valence-electron chi connectivity index (χ2n) is 5.21. The maximum Gasteiger partial charge on any atom is 0.254 e. The Bertz CT molecular complexity index is 640. The Labute approximate surface area is 122 Å². The van der Waals surface area contributed by atoms with Crippen molar-refractivity contribution >= 4 is 11.6 Å². The Morgan fingerprint density at radius 2 is 2.05 bits per heavy atom. The van der Waals surface area contributed by atoms with Crippen molar-refractivity contribution in [2.24, 2.45) is 0 Å². The number of halogens is 1. The quantitative estimate of drug-likeness (QED) is 0.863. The number of nitrogens with two attached hydrogens (primary N) is 1. The van der Waals surface area contributed by atoms with Crippen LogP contribution in [0.2, 0.25) is 0 Å². The van der Waals surface area contributed by atoms with E-state index >= 15 is 0 Å². The highest BCUT2D eigenvalue weighted by atomic mass is 19.1. The molecule has 0 bridgehead atoms. The number of pyridine rings is 1. The summed E-state index contributed by atoms with van der Waals surface area (Å²) in [6.07, 6.45) is 5.27. The molecule has 2 N–H and O–H groups in total. The van der Waals surface area contributed by atoms with Gasteiger partial charge >= 0.3 is 0 Å². The van der Waals surface area contributed by atoms with Gasteiger partial charge in [0, 0.05) is 30.2 Å². The van der Waals surface area contributed by atoms with Crippen molar-refractivity contribution in [3.63, 3.8) is 0 Å². The first kappa shape index (κ1) is 13.5. The molecule has 0 aliphatic carbocycles. The molecule has 1 fully saturated rings. The minimum Gasteiger partial charge on any atom is -0.399 e. The van der Waals surface area contributed by atoms with Gasteiger partial charge < -0.3 is 10.6 Å². The van der Waals surface area contributed by atoms with Crippen LogP contribution >= 0.6 is 0 Å². The largest absolute Gasteiger partial charge is 0.399 e. The molecule has 0 saturated carbocycles. The fourth-order valence-electron chi connectivity index (χ4n) is 2.84. The fourth-order valence-corrected chi connectivity index (χ4v) is 2.84. The predicted octanol–water partition coefficient (Wildman–Crippen LogP) is 2.78. The topological polar surface area (TPSA) is 59.2 Å². The average molecular weight is 285 g/mol. The number of hydrogen-bond acceptors (Lipinski definition) is 3. The summed E-state index contributed by atoms with van der Waals surface area (Å²) in [5, 5.41) is 0. The summed E-state index contributed by atoms with van der Waals surface area (Å²) in [6.45, 7) is 0.669. The molecule has 1 unspecified atom stereocenters. The molecule has 1 saturated heterocycles. The Morgan fingerprint density at radius 1 is 1.29 bits per heavy atom. The van der Waals surface area contributed by atoms with Crippen LogP contribution in [-0.2, 0) is 0 Å². The molecular formula is C16H16FN3O. The maximum atomic E-state index is 13.4. The van der Waals surface area contributed by atoms with E-state index in [0.29, 0.717) is 12.1 Å². The van der Waals surface area contributed by atoms with Crippen LogP contribution in [0.15, 0.2) is 42.7 Å². The van der Waals surface area contributed by atoms with Crippen LogP contribution in [0, 0.1) is 5.82 Å². The van der Waals surface area contributed by atoms with Crippen molar-refractivity contribution < 1.29 is 9.18 Å². The number of carbonyl (C=O) groups is 1. The van der Waals surface area contributed by atoms with Crippen LogP contribution in [0.3, 0.4) is 0 Å². The summed E-state index contributed by atoms with van der Waals surface area (Å²) < 4.78 is 13.4. The van der Waals surface area contributed by atoms with Gasteiger partial charge in [0.2, 0.25) is 0 Å². The lowest BCUT2D eigenvalue weighted by molar-refractivity contribution is 0.0735. The average Bonchev–Trinajstić information content (AvgIpc) is 2.95. The van der Waals surface area contributed by atoms with E-state index in [1.54, 1.807) is 17.3 Å². The highest BCUT2D eigenvalue weighted by molar-refractivity contribution is 5.95. The molecule has 108 valence electrons. The standard InChI is InChI=1S/C16H16FN3O/c17-13-8-12(9-14(18)10-13)16(21)20-7-1-2-15(20)11-3-5-19-6-4-11/h3-6,8-10,15H,1-2,7,18H2. The number of likely N-dealkylation sites (tertiary alicyclic amines) is 1. The van der Waals surface area contributed by atoms with Crippen molar-refractivity contribution in [1.29, 1.82) is 0 Å². The van der Waals surface area contributed by atoms with E-state index in [1.807, 2.05) is 12.1 Å². The Balaban J connectivity index is 1.90. The molecule has 1 atom stereocenters. The fraction of sp³-hybridized carbons (Fsp3) is 0.250. The monoisotopic (exact) mass is 285 g/mol. The van der Waals surface area contributed by atoms with E-state index in [-0.39, 0.29) is 17.6 Å². The number of anilines is 1. The Hall–Kier alpha value is -2.43. The van der Waals surface area contributed by atoms with Crippen molar-refractivity contribution in [3.05, 3.63) is 59.7 Å². The number of nitrogens with zero attached hydrogens (tertiary/aromatic N) is 2. The summed E-state index contributed by atoms with van der Waals surface area (Å²) in [4.78, 5) is 18.4. The molecule has 2 heterocycles. The maximum absolute atomic E-state index is 13.4. The minimum atomic E-state index is -0.488. The van der Waals surface area contributed by atoms with Gasteiger partial charge in [-0.3, -0.25) is 9.78 Å². The number of carbonyl (C=O) groups excluding carboxylic acids is 1. The molecule has 1 aliphatic heterocycles. The van der Waals surface area contributed by atoms with E-state index in [2.05, 4.69) is 4.98 Å². The van der Waals surface area contributed by atoms with E-state index in [9.17, 15) is 9.18 Å². The van der Waals surface area contributed by atoms with Gasteiger partial charge in [0.15, 0.2) is 0 Å². The lowest BCUT2D eigenvalue weighted by atomic mass is 10.1.